The van der Waals surface area contributed by atoms with Crippen LogP contribution in [0.25, 0.3) is 0 Å². The second-order valence-electron chi connectivity index (χ2n) is 7.26. The Labute approximate surface area is 188 Å². The van der Waals surface area contributed by atoms with Crippen molar-refractivity contribution >= 4 is 38.7 Å². The number of benzene rings is 2. The Morgan fingerprint density at radius 1 is 1.16 bits per heavy atom. The molecule has 1 amide bonds. The van der Waals surface area contributed by atoms with Gasteiger partial charge < -0.3 is 5.32 Å². The van der Waals surface area contributed by atoms with Crippen LogP contribution in [0, 0.1) is 5.82 Å². The van der Waals surface area contributed by atoms with E-state index in [1.807, 2.05) is 0 Å². The number of nitrogens with zero attached hydrogens (tertiary/aromatic N) is 3. The summed E-state index contributed by atoms with van der Waals surface area (Å²) >= 11 is 1.00. The lowest BCUT2D eigenvalue weighted by atomic mass is 10.2. The van der Waals surface area contributed by atoms with Crippen molar-refractivity contribution in [1.29, 1.82) is 0 Å². The lowest BCUT2D eigenvalue weighted by Crippen LogP contribution is -2.30. The van der Waals surface area contributed by atoms with Gasteiger partial charge in [0.05, 0.1) is 10.9 Å². The van der Waals surface area contributed by atoms with Crippen LogP contribution in [0.1, 0.15) is 51.0 Å². The molecule has 11 heteroatoms. The number of aromatic nitrogens is 2. The number of rotatable bonds is 6. The van der Waals surface area contributed by atoms with Crippen molar-refractivity contribution in [3.05, 3.63) is 69.9 Å². The minimum Gasteiger partial charge on any atom is -0.320 e. The fourth-order valence-corrected chi connectivity index (χ4v) is 6.10. The maximum Gasteiger partial charge on any atom is 0.286 e. The van der Waals surface area contributed by atoms with Gasteiger partial charge in [0.1, 0.15) is 10.8 Å². The molecule has 2 heterocycles. The Bertz CT molecular complexity index is 1270. The second kappa shape index (κ2) is 8.85. The molecule has 1 fully saturated rings. The Balaban J connectivity index is 1.54. The molecule has 1 aliphatic rings. The number of anilines is 1. The van der Waals surface area contributed by atoms with Gasteiger partial charge in [0, 0.05) is 17.8 Å². The predicted molar refractivity (Wildman–Crippen MR) is 117 cm³/mol. The first-order chi connectivity index (χ1) is 15.3. The van der Waals surface area contributed by atoms with Crippen molar-refractivity contribution in [3.63, 3.8) is 0 Å². The smallest absolute Gasteiger partial charge is 0.286 e. The maximum absolute atomic E-state index is 13.3. The number of ketones is 1. The predicted octanol–water partition coefficient (Wildman–Crippen LogP) is 3.66. The zero-order valence-electron chi connectivity index (χ0n) is 17.0. The monoisotopic (exact) mass is 474 g/mol. The summed E-state index contributed by atoms with van der Waals surface area (Å²) in [4.78, 5) is 24.0. The van der Waals surface area contributed by atoms with Gasteiger partial charge in [0.15, 0.2) is 5.78 Å². The first-order valence-electron chi connectivity index (χ1n) is 9.79. The topological polar surface area (TPSA) is 109 Å². The molecule has 0 aliphatic carbocycles. The highest BCUT2D eigenvalue weighted by molar-refractivity contribution is 7.89. The Kier molecular flexibility index (Phi) is 6.13. The Hall–Kier alpha value is -3.02. The highest BCUT2D eigenvalue weighted by Gasteiger charge is 2.38. The normalized spacial score (nSPS) is 16.8. The molecule has 0 saturated carbocycles. The number of halogens is 1. The van der Waals surface area contributed by atoms with Crippen LogP contribution in [0.3, 0.4) is 0 Å². The third-order valence-corrected chi connectivity index (χ3v) is 8.02. The van der Waals surface area contributed by atoms with Crippen molar-refractivity contribution in [1.82, 2.24) is 14.5 Å². The van der Waals surface area contributed by atoms with Gasteiger partial charge in [-0.25, -0.2) is 12.8 Å². The molecule has 1 atom stereocenters. The summed E-state index contributed by atoms with van der Waals surface area (Å²) < 4.78 is 41.1. The minimum absolute atomic E-state index is 0.0549. The van der Waals surface area contributed by atoms with E-state index in [9.17, 15) is 22.4 Å². The molecule has 3 aromatic rings. The maximum atomic E-state index is 13.3. The molecule has 1 unspecified atom stereocenters. The highest BCUT2D eigenvalue weighted by atomic mass is 32.2. The highest BCUT2D eigenvalue weighted by Crippen LogP contribution is 2.37. The van der Waals surface area contributed by atoms with E-state index in [2.05, 4.69) is 15.5 Å². The van der Waals surface area contributed by atoms with Crippen LogP contribution in [0.5, 0.6) is 0 Å². The van der Waals surface area contributed by atoms with E-state index < -0.39 is 27.8 Å². The lowest BCUT2D eigenvalue weighted by Gasteiger charge is -2.22. The first kappa shape index (κ1) is 22.2. The van der Waals surface area contributed by atoms with Crippen LogP contribution >= 0.6 is 11.3 Å². The summed E-state index contributed by atoms with van der Waals surface area (Å²) in [5, 5.41) is 11.0. The molecular weight excluding hydrogens is 455 g/mol. The van der Waals surface area contributed by atoms with Gasteiger partial charge in [-0.15, -0.1) is 10.2 Å². The van der Waals surface area contributed by atoms with Gasteiger partial charge in [-0.05, 0) is 50.1 Å². The molecule has 4 rings (SSSR count). The third kappa shape index (κ3) is 4.45. The van der Waals surface area contributed by atoms with Crippen molar-refractivity contribution < 1.29 is 22.4 Å². The molecule has 1 saturated heterocycles. The zero-order chi connectivity index (χ0) is 22.9. The number of hydrogen-bond donors (Lipinski definition) is 1. The average Bonchev–Trinajstić information content (AvgIpc) is 3.43. The molecule has 166 valence electrons. The van der Waals surface area contributed by atoms with Gasteiger partial charge >= 0.3 is 0 Å². The number of Topliss-reactive ketones (excluding diaryl/α,β-unsaturated/α-hetero) is 1. The molecule has 2 aromatic carbocycles. The van der Waals surface area contributed by atoms with Crippen LogP contribution in [0.4, 0.5) is 10.1 Å². The van der Waals surface area contributed by atoms with E-state index in [0.29, 0.717) is 30.0 Å². The van der Waals surface area contributed by atoms with E-state index in [-0.39, 0.29) is 21.4 Å². The largest absolute Gasteiger partial charge is 0.320 e. The van der Waals surface area contributed by atoms with Crippen molar-refractivity contribution in [2.24, 2.45) is 0 Å². The van der Waals surface area contributed by atoms with Gasteiger partial charge in [-0.3, -0.25) is 9.59 Å². The second-order valence-corrected chi connectivity index (χ2v) is 10.2. The summed E-state index contributed by atoms with van der Waals surface area (Å²) in [5.41, 5.74) is 0.714. The van der Waals surface area contributed by atoms with Crippen molar-refractivity contribution in [2.75, 3.05) is 11.9 Å². The first-order valence-corrected chi connectivity index (χ1v) is 12.0. The quantitative estimate of drug-likeness (QED) is 0.546. The summed E-state index contributed by atoms with van der Waals surface area (Å²) in [7, 11) is -3.82. The van der Waals surface area contributed by atoms with Crippen LogP contribution in [0.15, 0.2) is 53.4 Å². The van der Waals surface area contributed by atoms with E-state index in [4.69, 9.17) is 0 Å². The fourth-order valence-electron chi connectivity index (χ4n) is 3.48. The molecule has 1 aromatic heterocycles. The molecule has 0 radical (unpaired) electrons. The molecule has 32 heavy (non-hydrogen) atoms. The minimum atomic E-state index is -3.82. The average molecular weight is 475 g/mol. The van der Waals surface area contributed by atoms with E-state index in [1.165, 1.54) is 53.7 Å². The van der Waals surface area contributed by atoms with Crippen LogP contribution in [-0.2, 0) is 10.0 Å². The van der Waals surface area contributed by atoms with Gasteiger partial charge in [-0.2, -0.15) is 4.31 Å². The molecule has 0 spiro atoms. The number of carbonyl (C=O) groups is 2. The molecule has 8 nitrogen and oxygen atoms in total. The summed E-state index contributed by atoms with van der Waals surface area (Å²) in [5.74, 6) is -1.18. The molecule has 1 aliphatic heterocycles. The van der Waals surface area contributed by atoms with E-state index >= 15 is 0 Å². The number of amides is 1. The third-order valence-electron chi connectivity index (χ3n) is 5.07. The number of nitrogens with one attached hydrogen (secondary N) is 1. The SMILES string of the molecule is CC(=O)c1ccc(S(=O)(=O)N2CCCC2c2nnc(C(=O)Nc3cccc(F)c3)s2)cc1. The lowest BCUT2D eigenvalue weighted by molar-refractivity contribution is 0.101. The van der Waals surface area contributed by atoms with Gasteiger partial charge in [0.2, 0.25) is 15.0 Å². The number of hydrogen-bond acceptors (Lipinski definition) is 7. The Morgan fingerprint density at radius 3 is 2.59 bits per heavy atom. The standard InChI is InChI=1S/C21H19FN4O4S2/c1-13(27)14-7-9-17(10-8-14)32(29,30)26-11-3-6-18(26)20-24-25-21(31-20)19(28)23-16-5-2-4-15(22)12-16/h2,4-5,7-10,12,18H,3,6,11H2,1H3,(H,23,28). The van der Waals surface area contributed by atoms with Gasteiger partial charge in [0.25, 0.3) is 5.91 Å². The molecule has 0 bridgehead atoms. The van der Waals surface area contributed by atoms with Gasteiger partial charge in [-0.1, -0.05) is 29.5 Å². The number of carbonyl (C=O) groups excluding carboxylic acids is 2. The summed E-state index contributed by atoms with van der Waals surface area (Å²) in [6, 6.07) is 10.7. The molecular formula is C21H19FN4O4S2. The van der Waals surface area contributed by atoms with Crippen LogP contribution in [-0.4, -0.2) is 41.2 Å². The summed E-state index contributed by atoms with van der Waals surface area (Å²) in [6.45, 7) is 1.73. The van der Waals surface area contributed by atoms with Crippen LogP contribution in [0.2, 0.25) is 0 Å². The van der Waals surface area contributed by atoms with Crippen molar-refractivity contribution in [2.45, 2.75) is 30.7 Å². The fraction of sp³-hybridized carbons (Fsp3) is 0.238. The molecule has 1 N–H and O–H groups in total. The number of sulfonamides is 1. The Morgan fingerprint density at radius 2 is 1.91 bits per heavy atom. The zero-order valence-corrected chi connectivity index (χ0v) is 18.6. The summed E-state index contributed by atoms with van der Waals surface area (Å²) in [6.07, 6.45) is 1.19. The van der Waals surface area contributed by atoms with E-state index in [0.717, 1.165) is 11.3 Å². The van der Waals surface area contributed by atoms with E-state index in [1.54, 1.807) is 6.07 Å². The van der Waals surface area contributed by atoms with Crippen LogP contribution < -0.4 is 5.32 Å². The van der Waals surface area contributed by atoms with Crippen molar-refractivity contribution in [3.8, 4) is 0 Å².